The fourth-order valence-corrected chi connectivity index (χ4v) is 5.13. The molecule has 0 spiro atoms. The van der Waals surface area contributed by atoms with Crippen LogP contribution in [0.15, 0.2) is 83.8 Å². The number of nitrogens with one attached hydrogen (secondary N) is 1. The Morgan fingerprint density at radius 3 is 2.56 bits per heavy atom. The number of amides is 3. The molecule has 208 valence electrons. The van der Waals surface area contributed by atoms with Gasteiger partial charge in [0.2, 0.25) is 5.91 Å². The molecule has 1 N–H and O–H groups in total. The van der Waals surface area contributed by atoms with Crippen molar-refractivity contribution in [3.8, 4) is 11.5 Å². The van der Waals surface area contributed by atoms with E-state index in [0.717, 1.165) is 33.4 Å². The van der Waals surface area contributed by atoms with Gasteiger partial charge in [-0.25, -0.2) is 8.78 Å². The highest BCUT2D eigenvalue weighted by molar-refractivity contribution is 8.18. The lowest BCUT2D eigenvalue weighted by Gasteiger charge is -2.14. The molecule has 1 aliphatic heterocycles. The summed E-state index contributed by atoms with van der Waals surface area (Å²) in [5.74, 6) is -2.24. The van der Waals surface area contributed by atoms with Crippen LogP contribution >= 0.6 is 11.8 Å². The van der Waals surface area contributed by atoms with Crippen LogP contribution in [-0.2, 0) is 16.2 Å². The van der Waals surface area contributed by atoms with Gasteiger partial charge < -0.3 is 14.8 Å². The number of nitrogens with zero attached hydrogens (tertiary/aromatic N) is 1. The van der Waals surface area contributed by atoms with Crippen molar-refractivity contribution in [2.24, 2.45) is 0 Å². The van der Waals surface area contributed by atoms with E-state index in [1.165, 1.54) is 6.08 Å². The van der Waals surface area contributed by atoms with Crippen molar-refractivity contribution in [2.45, 2.75) is 13.5 Å². The number of anilines is 1. The third-order valence-electron chi connectivity index (χ3n) is 6.21. The van der Waals surface area contributed by atoms with Crippen LogP contribution < -0.4 is 14.8 Å². The Kier molecular flexibility index (Phi) is 8.30. The summed E-state index contributed by atoms with van der Waals surface area (Å²) in [6.07, 6.45) is 1.53. The van der Waals surface area contributed by atoms with E-state index in [4.69, 9.17) is 9.47 Å². The van der Waals surface area contributed by atoms with Gasteiger partial charge in [-0.3, -0.25) is 19.3 Å². The summed E-state index contributed by atoms with van der Waals surface area (Å²) in [7, 11) is 0. The first-order valence-corrected chi connectivity index (χ1v) is 13.5. The molecule has 4 aromatic carbocycles. The van der Waals surface area contributed by atoms with E-state index in [-0.39, 0.29) is 10.6 Å². The molecular formula is C31H24F2N2O5S. The van der Waals surface area contributed by atoms with Crippen LogP contribution in [0, 0.1) is 11.6 Å². The summed E-state index contributed by atoms with van der Waals surface area (Å²) < 4.78 is 38.9. The van der Waals surface area contributed by atoms with E-state index in [1.54, 1.807) is 18.2 Å². The first-order valence-electron chi connectivity index (χ1n) is 12.7. The molecule has 1 fully saturated rings. The number of fused-ring (bicyclic) bond motifs is 1. The number of benzene rings is 4. The normalized spacial score (nSPS) is 14.1. The molecule has 5 rings (SSSR count). The molecule has 4 aromatic rings. The predicted octanol–water partition coefficient (Wildman–Crippen LogP) is 6.77. The zero-order chi connectivity index (χ0) is 28.9. The molecule has 7 nitrogen and oxygen atoms in total. The van der Waals surface area contributed by atoms with Crippen molar-refractivity contribution in [1.29, 1.82) is 0 Å². The molecule has 10 heteroatoms. The average Bonchev–Trinajstić information content (AvgIpc) is 3.21. The Bertz CT molecular complexity index is 1690. The number of carbonyl (C=O) groups is 3. The van der Waals surface area contributed by atoms with Crippen LogP contribution in [0.2, 0.25) is 0 Å². The summed E-state index contributed by atoms with van der Waals surface area (Å²) in [4.78, 5) is 38.7. The Balaban J connectivity index is 1.29. The molecule has 1 saturated heterocycles. The lowest BCUT2D eigenvalue weighted by molar-refractivity contribution is -0.127. The van der Waals surface area contributed by atoms with Gasteiger partial charge in [-0.05, 0) is 70.9 Å². The fraction of sp³-hybridized carbons (Fsp3) is 0.129. The molecule has 0 saturated carbocycles. The zero-order valence-corrected chi connectivity index (χ0v) is 22.7. The monoisotopic (exact) mass is 574 g/mol. The maximum Gasteiger partial charge on any atom is 0.294 e. The average molecular weight is 575 g/mol. The highest BCUT2D eigenvalue weighted by atomic mass is 32.2. The quantitative estimate of drug-likeness (QED) is 0.222. The molecule has 0 aliphatic carbocycles. The molecule has 3 amide bonds. The van der Waals surface area contributed by atoms with Gasteiger partial charge in [0.25, 0.3) is 11.1 Å². The Morgan fingerprint density at radius 1 is 0.951 bits per heavy atom. The first kappa shape index (κ1) is 27.9. The second-order valence-electron chi connectivity index (χ2n) is 9.01. The van der Waals surface area contributed by atoms with Crippen molar-refractivity contribution in [3.05, 3.63) is 107 Å². The molecule has 0 unspecified atom stereocenters. The fourth-order valence-electron chi connectivity index (χ4n) is 4.29. The van der Waals surface area contributed by atoms with Crippen LogP contribution in [0.5, 0.6) is 11.5 Å². The number of halogens is 2. The summed E-state index contributed by atoms with van der Waals surface area (Å²) in [6, 6.07) is 21.9. The number of carbonyl (C=O) groups excluding carboxylic acids is 3. The summed E-state index contributed by atoms with van der Waals surface area (Å²) in [6.45, 7) is 1.93. The summed E-state index contributed by atoms with van der Waals surface area (Å²) >= 11 is 0.685. The largest absolute Gasteiger partial charge is 0.490 e. The smallest absolute Gasteiger partial charge is 0.294 e. The van der Waals surface area contributed by atoms with Gasteiger partial charge in [-0.1, -0.05) is 48.5 Å². The van der Waals surface area contributed by atoms with Crippen molar-refractivity contribution in [2.75, 3.05) is 18.5 Å². The Hall–Kier alpha value is -4.70. The Labute approximate surface area is 238 Å². The van der Waals surface area contributed by atoms with Crippen molar-refractivity contribution in [3.63, 3.8) is 0 Å². The van der Waals surface area contributed by atoms with E-state index in [2.05, 4.69) is 5.32 Å². The van der Waals surface area contributed by atoms with E-state index in [0.29, 0.717) is 48.1 Å². The summed E-state index contributed by atoms with van der Waals surface area (Å²) in [5.41, 5.74) is 1.36. The molecule has 0 atom stereocenters. The van der Waals surface area contributed by atoms with E-state index in [1.807, 2.05) is 49.4 Å². The zero-order valence-electron chi connectivity index (χ0n) is 21.9. The second kappa shape index (κ2) is 12.2. The topological polar surface area (TPSA) is 84.9 Å². The number of ether oxygens (including phenoxy) is 2. The molecule has 41 heavy (non-hydrogen) atoms. The minimum Gasteiger partial charge on any atom is -0.490 e. The highest BCUT2D eigenvalue weighted by Gasteiger charge is 2.36. The van der Waals surface area contributed by atoms with Crippen molar-refractivity contribution in [1.82, 2.24) is 4.90 Å². The lowest BCUT2D eigenvalue weighted by atomic mass is 10.1. The molecular weight excluding hydrogens is 550 g/mol. The predicted molar refractivity (Wildman–Crippen MR) is 154 cm³/mol. The van der Waals surface area contributed by atoms with Gasteiger partial charge in [-0.15, -0.1) is 0 Å². The first-order chi connectivity index (χ1) is 19.8. The second-order valence-corrected chi connectivity index (χ2v) is 10.00. The number of rotatable bonds is 9. The third kappa shape index (κ3) is 6.38. The van der Waals surface area contributed by atoms with Gasteiger partial charge >= 0.3 is 0 Å². The lowest BCUT2D eigenvalue weighted by Crippen LogP contribution is -2.36. The third-order valence-corrected chi connectivity index (χ3v) is 7.12. The minimum atomic E-state index is -0.970. The number of thioether (sulfide) groups is 1. The van der Waals surface area contributed by atoms with Crippen LogP contribution in [0.25, 0.3) is 16.8 Å². The molecule has 0 aromatic heterocycles. The van der Waals surface area contributed by atoms with Gasteiger partial charge in [-0.2, -0.15) is 0 Å². The van der Waals surface area contributed by atoms with Crippen LogP contribution in [-0.4, -0.2) is 35.1 Å². The van der Waals surface area contributed by atoms with E-state index >= 15 is 0 Å². The van der Waals surface area contributed by atoms with Crippen molar-refractivity contribution < 1.29 is 32.6 Å². The standard InChI is InChI=1S/C31H24F2N2O5S/c1-2-39-27-14-19(10-13-26(27)40-18-21-8-5-7-20-6-3-4-9-23(20)21)15-28-30(37)35(31(38)41-28)17-29(36)34-25-12-11-22(32)16-24(25)33/h3-16H,2,17-18H2,1H3,(H,34,36)/b28-15+. The maximum absolute atomic E-state index is 13.9. The van der Waals surface area contributed by atoms with Crippen LogP contribution in [0.1, 0.15) is 18.1 Å². The van der Waals surface area contributed by atoms with Crippen LogP contribution in [0.4, 0.5) is 19.3 Å². The number of hydrogen-bond acceptors (Lipinski definition) is 6. The van der Waals surface area contributed by atoms with Gasteiger partial charge in [0.1, 0.15) is 24.8 Å². The van der Waals surface area contributed by atoms with Crippen LogP contribution in [0.3, 0.4) is 0 Å². The Morgan fingerprint density at radius 2 is 1.76 bits per heavy atom. The SMILES string of the molecule is CCOc1cc(/C=C2/SC(=O)N(CC(=O)Nc3ccc(F)cc3F)C2=O)ccc1OCc1cccc2ccccc12. The van der Waals surface area contributed by atoms with E-state index in [9.17, 15) is 23.2 Å². The molecule has 1 heterocycles. The minimum absolute atomic E-state index is 0.114. The molecule has 0 bridgehead atoms. The summed E-state index contributed by atoms with van der Waals surface area (Å²) in [5, 5.41) is 3.81. The number of imide groups is 1. The van der Waals surface area contributed by atoms with Gasteiger partial charge in [0.15, 0.2) is 11.5 Å². The number of hydrogen-bond donors (Lipinski definition) is 1. The van der Waals surface area contributed by atoms with E-state index < -0.39 is 35.2 Å². The van der Waals surface area contributed by atoms with Crippen molar-refractivity contribution >= 4 is 51.4 Å². The highest BCUT2D eigenvalue weighted by Crippen LogP contribution is 2.35. The molecule has 0 radical (unpaired) electrons. The van der Waals surface area contributed by atoms with Gasteiger partial charge in [0.05, 0.1) is 17.2 Å². The molecule has 1 aliphatic rings. The maximum atomic E-state index is 13.9. The van der Waals surface area contributed by atoms with Gasteiger partial charge in [0, 0.05) is 6.07 Å².